The highest BCUT2D eigenvalue weighted by Gasteiger charge is 2.20. The van der Waals surface area contributed by atoms with E-state index in [1.54, 1.807) is 0 Å². The van der Waals surface area contributed by atoms with E-state index in [0.29, 0.717) is 5.92 Å². The van der Waals surface area contributed by atoms with Crippen LogP contribution in [0.2, 0.25) is 25.7 Å². The van der Waals surface area contributed by atoms with Gasteiger partial charge in [0.1, 0.15) is 0 Å². The second-order valence-electron chi connectivity index (χ2n) is 5.17. The molecule has 1 aromatic rings. The SMILES string of the molecule is C[Si](C)(C)CC(CBr)c1cccc(Br)c1. The normalized spacial score (nSPS) is 13.9. The summed E-state index contributed by atoms with van der Waals surface area (Å²) in [4.78, 5) is 0. The van der Waals surface area contributed by atoms with Gasteiger partial charge in [0, 0.05) is 17.9 Å². The fourth-order valence-corrected chi connectivity index (χ4v) is 5.06. The molecule has 0 heterocycles. The van der Waals surface area contributed by atoms with Gasteiger partial charge in [-0.15, -0.1) is 0 Å². The molecule has 0 nitrogen and oxygen atoms in total. The second-order valence-corrected chi connectivity index (χ2v) is 12.3. The summed E-state index contributed by atoms with van der Waals surface area (Å²) in [5.74, 6) is 0.661. The van der Waals surface area contributed by atoms with Crippen LogP contribution in [0.5, 0.6) is 0 Å². The molecule has 84 valence electrons. The van der Waals surface area contributed by atoms with E-state index in [4.69, 9.17) is 0 Å². The Morgan fingerprint density at radius 1 is 1.27 bits per heavy atom. The summed E-state index contributed by atoms with van der Waals surface area (Å²) in [6.07, 6.45) is 0. The minimum atomic E-state index is -0.987. The average molecular weight is 350 g/mol. The van der Waals surface area contributed by atoms with Crippen LogP contribution in [0, 0.1) is 0 Å². The third-order valence-electron chi connectivity index (χ3n) is 2.37. The van der Waals surface area contributed by atoms with E-state index in [2.05, 4.69) is 75.8 Å². The minimum Gasteiger partial charge on any atom is -0.0922 e. The van der Waals surface area contributed by atoms with Gasteiger partial charge in [0.2, 0.25) is 0 Å². The first-order chi connectivity index (χ1) is 6.92. The number of hydrogen-bond donors (Lipinski definition) is 0. The van der Waals surface area contributed by atoms with Crippen molar-refractivity contribution in [3.8, 4) is 0 Å². The lowest BCUT2D eigenvalue weighted by molar-refractivity contribution is 0.864. The summed E-state index contributed by atoms with van der Waals surface area (Å²) >= 11 is 7.17. The molecule has 0 saturated carbocycles. The Labute approximate surface area is 111 Å². The molecule has 0 bridgehead atoms. The van der Waals surface area contributed by atoms with Crippen molar-refractivity contribution in [2.75, 3.05) is 5.33 Å². The third kappa shape index (κ3) is 4.83. The molecule has 0 amide bonds. The molecule has 0 saturated heterocycles. The molecule has 1 atom stereocenters. The molecule has 0 fully saturated rings. The summed E-state index contributed by atoms with van der Waals surface area (Å²) in [5.41, 5.74) is 1.45. The highest BCUT2D eigenvalue weighted by Crippen LogP contribution is 2.29. The van der Waals surface area contributed by atoms with Crippen LogP contribution in [-0.2, 0) is 0 Å². The van der Waals surface area contributed by atoms with Crippen LogP contribution in [0.4, 0.5) is 0 Å². The lowest BCUT2D eigenvalue weighted by atomic mass is 10.0. The van der Waals surface area contributed by atoms with Gasteiger partial charge in [-0.05, 0) is 29.7 Å². The first-order valence-electron chi connectivity index (χ1n) is 5.24. The number of alkyl halides is 1. The molecular formula is C12H18Br2Si. The molecule has 3 heteroatoms. The molecule has 0 aliphatic carbocycles. The molecule has 0 aliphatic heterocycles. The average Bonchev–Trinajstić information content (AvgIpc) is 2.13. The Bertz CT molecular complexity index is 318. The number of hydrogen-bond acceptors (Lipinski definition) is 0. The Hall–Kier alpha value is 0.397. The highest BCUT2D eigenvalue weighted by atomic mass is 79.9. The van der Waals surface area contributed by atoms with Crippen LogP contribution in [-0.4, -0.2) is 13.4 Å². The zero-order chi connectivity index (χ0) is 11.5. The van der Waals surface area contributed by atoms with Crippen molar-refractivity contribution in [3.05, 3.63) is 34.3 Å². The Morgan fingerprint density at radius 2 is 1.93 bits per heavy atom. The number of rotatable bonds is 4. The van der Waals surface area contributed by atoms with Gasteiger partial charge in [0.15, 0.2) is 0 Å². The van der Waals surface area contributed by atoms with Crippen LogP contribution in [0.25, 0.3) is 0 Å². The van der Waals surface area contributed by atoms with Crippen LogP contribution in [0.15, 0.2) is 28.7 Å². The van der Waals surface area contributed by atoms with Gasteiger partial charge in [-0.2, -0.15) is 0 Å². The van der Waals surface area contributed by atoms with E-state index in [1.165, 1.54) is 16.1 Å². The Morgan fingerprint density at radius 3 is 2.40 bits per heavy atom. The first-order valence-corrected chi connectivity index (χ1v) is 10.9. The van der Waals surface area contributed by atoms with Crippen molar-refractivity contribution < 1.29 is 0 Å². The third-order valence-corrected chi connectivity index (χ3v) is 5.36. The molecule has 0 N–H and O–H groups in total. The van der Waals surface area contributed by atoms with Gasteiger partial charge in [-0.3, -0.25) is 0 Å². The maximum Gasteiger partial charge on any atom is 0.0449 e. The number of benzene rings is 1. The predicted octanol–water partition coefficient (Wildman–Crippen LogP) is 5.27. The molecule has 1 aromatic carbocycles. The van der Waals surface area contributed by atoms with Crippen molar-refractivity contribution in [2.45, 2.75) is 31.6 Å². The van der Waals surface area contributed by atoms with Crippen molar-refractivity contribution in [1.29, 1.82) is 0 Å². The summed E-state index contributed by atoms with van der Waals surface area (Å²) in [6.45, 7) is 7.29. The topological polar surface area (TPSA) is 0 Å². The lowest BCUT2D eigenvalue weighted by Gasteiger charge is -2.23. The van der Waals surface area contributed by atoms with E-state index in [-0.39, 0.29) is 0 Å². The first kappa shape index (κ1) is 13.5. The molecular weight excluding hydrogens is 332 g/mol. The van der Waals surface area contributed by atoms with Crippen molar-refractivity contribution in [1.82, 2.24) is 0 Å². The summed E-state index contributed by atoms with van der Waals surface area (Å²) in [5, 5.41) is 1.06. The fourth-order valence-electron chi connectivity index (χ4n) is 1.76. The van der Waals surface area contributed by atoms with Crippen LogP contribution in [0.1, 0.15) is 11.5 Å². The van der Waals surface area contributed by atoms with E-state index in [0.717, 1.165) is 5.33 Å². The quantitative estimate of drug-likeness (QED) is 0.513. The molecule has 0 aliphatic rings. The largest absolute Gasteiger partial charge is 0.0922 e. The maximum absolute atomic E-state index is 3.64. The van der Waals surface area contributed by atoms with Gasteiger partial charge in [0.05, 0.1) is 0 Å². The molecule has 0 spiro atoms. The molecule has 1 unspecified atom stereocenters. The summed E-state index contributed by atoms with van der Waals surface area (Å²) in [6, 6.07) is 10.0. The van der Waals surface area contributed by atoms with E-state index >= 15 is 0 Å². The van der Waals surface area contributed by atoms with Crippen molar-refractivity contribution in [2.24, 2.45) is 0 Å². The molecule has 0 radical (unpaired) electrons. The zero-order valence-electron chi connectivity index (χ0n) is 9.56. The van der Waals surface area contributed by atoms with Crippen LogP contribution >= 0.6 is 31.9 Å². The second kappa shape index (κ2) is 5.64. The smallest absolute Gasteiger partial charge is 0.0449 e. The van der Waals surface area contributed by atoms with Gasteiger partial charge in [0.25, 0.3) is 0 Å². The van der Waals surface area contributed by atoms with Gasteiger partial charge >= 0.3 is 0 Å². The summed E-state index contributed by atoms with van der Waals surface area (Å²) < 4.78 is 1.18. The summed E-state index contributed by atoms with van der Waals surface area (Å²) in [7, 11) is -0.987. The molecule has 0 aromatic heterocycles. The van der Waals surface area contributed by atoms with Crippen molar-refractivity contribution >= 4 is 39.9 Å². The van der Waals surface area contributed by atoms with E-state index in [9.17, 15) is 0 Å². The number of halogens is 2. The van der Waals surface area contributed by atoms with Gasteiger partial charge < -0.3 is 0 Å². The maximum atomic E-state index is 3.64. The fraction of sp³-hybridized carbons (Fsp3) is 0.500. The van der Waals surface area contributed by atoms with E-state index < -0.39 is 8.07 Å². The standard InChI is InChI=1S/C12H18Br2Si/c1-15(2,3)9-11(8-13)10-5-4-6-12(14)7-10/h4-7,11H,8-9H2,1-3H3. The Kier molecular flexibility index (Phi) is 5.07. The predicted molar refractivity (Wildman–Crippen MR) is 78.8 cm³/mol. The van der Waals surface area contributed by atoms with Crippen LogP contribution in [0.3, 0.4) is 0 Å². The minimum absolute atomic E-state index is 0.661. The lowest BCUT2D eigenvalue weighted by Crippen LogP contribution is -2.23. The van der Waals surface area contributed by atoms with Crippen molar-refractivity contribution in [3.63, 3.8) is 0 Å². The van der Waals surface area contributed by atoms with E-state index in [1.807, 2.05) is 0 Å². The zero-order valence-corrected chi connectivity index (χ0v) is 13.7. The van der Waals surface area contributed by atoms with Gasteiger partial charge in [-0.1, -0.05) is 63.6 Å². The monoisotopic (exact) mass is 348 g/mol. The molecule has 1 rings (SSSR count). The Balaban J connectivity index is 2.83. The van der Waals surface area contributed by atoms with Crippen LogP contribution < -0.4 is 0 Å². The molecule has 15 heavy (non-hydrogen) atoms. The highest BCUT2D eigenvalue weighted by molar-refractivity contribution is 9.10. The van der Waals surface area contributed by atoms with Gasteiger partial charge in [-0.25, -0.2) is 0 Å².